The maximum Gasteiger partial charge on any atom is 0.289 e. The Bertz CT molecular complexity index is 658. The van der Waals surface area contributed by atoms with Crippen LogP contribution in [0.25, 0.3) is 0 Å². The number of allylic oxidation sites excluding steroid dienone is 1. The first kappa shape index (κ1) is 17.7. The third kappa shape index (κ3) is 2.48. The molecule has 2 nitrogen and oxygen atoms in total. The maximum atomic E-state index is 13.0. The molecule has 0 heterocycles. The summed E-state index contributed by atoms with van der Waals surface area (Å²) in [4.78, 5) is 25.1. The van der Waals surface area contributed by atoms with E-state index < -0.39 is 5.76 Å². The number of rotatable bonds is 2. The Morgan fingerprint density at radius 2 is 1.68 bits per heavy atom. The van der Waals surface area contributed by atoms with Crippen LogP contribution in [0.4, 0.5) is 8.78 Å². The van der Waals surface area contributed by atoms with Gasteiger partial charge in [-0.2, -0.15) is 8.78 Å². The highest BCUT2D eigenvalue weighted by Gasteiger charge is 2.59. The van der Waals surface area contributed by atoms with Crippen LogP contribution in [0.5, 0.6) is 0 Å². The molecule has 0 aromatic carbocycles. The van der Waals surface area contributed by atoms with E-state index >= 15 is 0 Å². The smallest absolute Gasteiger partial charge is 0.289 e. The highest BCUT2D eigenvalue weighted by molar-refractivity contribution is 8.04. The third-order valence-electron chi connectivity index (χ3n) is 7.99. The van der Waals surface area contributed by atoms with Gasteiger partial charge in [-0.3, -0.25) is 9.59 Å². The molecule has 3 saturated carbocycles. The van der Waals surface area contributed by atoms with Crippen LogP contribution in [0.2, 0.25) is 0 Å². The van der Waals surface area contributed by atoms with Gasteiger partial charge in [0.2, 0.25) is 0 Å². The number of halogens is 2. The molecule has 0 amide bonds. The summed E-state index contributed by atoms with van der Waals surface area (Å²) in [6, 6.07) is 0. The molecule has 0 aliphatic heterocycles. The van der Waals surface area contributed by atoms with Crippen LogP contribution in [0.1, 0.15) is 65.2 Å². The molecule has 138 valence electrons. The molecule has 0 unspecified atom stereocenters. The predicted molar refractivity (Wildman–Crippen MR) is 94.3 cm³/mol. The molecule has 0 radical (unpaired) electrons. The van der Waals surface area contributed by atoms with E-state index in [2.05, 4.69) is 13.8 Å². The fraction of sp³-hybridized carbons (Fsp3) is 0.800. The molecular weight excluding hydrogens is 342 g/mol. The molecule has 0 saturated heterocycles. The molecule has 0 bridgehead atoms. The van der Waals surface area contributed by atoms with Crippen LogP contribution < -0.4 is 0 Å². The van der Waals surface area contributed by atoms with Gasteiger partial charge < -0.3 is 0 Å². The largest absolute Gasteiger partial charge is 0.299 e. The standard InChI is InChI=1S/C20H26F2O2S/c1-19-10-8-15(23)17(25-18(21)22)14(19)4-3-11-12-5-6-16(24)20(12,2)9-7-13(11)19/h11-13,18H,3-10H2,1-2H3/t11-,12-,13-,19+,20-/m0/s1. The molecule has 0 aromatic rings. The number of thioether (sulfide) groups is 1. The van der Waals surface area contributed by atoms with Crippen molar-refractivity contribution >= 4 is 23.3 Å². The molecule has 0 spiro atoms. The van der Waals surface area contributed by atoms with E-state index in [1.807, 2.05) is 0 Å². The minimum Gasteiger partial charge on any atom is -0.299 e. The summed E-state index contributed by atoms with van der Waals surface area (Å²) in [5, 5.41) is 0. The van der Waals surface area contributed by atoms with Crippen LogP contribution in [0.15, 0.2) is 10.5 Å². The van der Waals surface area contributed by atoms with Crippen molar-refractivity contribution < 1.29 is 18.4 Å². The van der Waals surface area contributed by atoms with E-state index in [9.17, 15) is 18.4 Å². The Labute approximate surface area is 152 Å². The summed E-state index contributed by atoms with van der Waals surface area (Å²) in [6.45, 7) is 4.36. The molecule has 5 atom stereocenters. The fourth-order valence-corrected chi connectivity index (χ4v) is 7.55. The Balaban J connectivity index is 1.71. The predicted octanol–water partition coefficient (Wildman–Crippen LogP) is 5.37. The zero-order valence-corrected chi connectivity index (χ0v) is 15.8. The summed E-state index contributed by atoms with van der Waals surface area (Å²) >= 11 is 0.469. The molecule has 5 heteroatoms. The van der Waals surface area contributed by atoms with Gasteiger partial charge in [0.1, 0.15) is 5.78 Å². The van der Waals surface area contributed by atoms with Crippen molar-refractivity contribution in [3.63, 3.8) is 0 Å². The van der Waals surface area contributed by atoms with Gasteiger partial charge in [-0.25, -0.2) is 0 Å². The average molecular weight is 368 g/mol. The topological polar surface area (TPSA) is 34.1 Å². The zero-order valence-electron chi connectivity index (χ0n) is 14.9. The number of hydrogen-bond acceptors (Lipinski definition) is 3. The van der Waals surface area contributed by atoms with Gasteiger partial charge in [-0.1, -0.05) is 25.6 Å². The van der Waals surface area contributed by atoms with E-state index in [0.29, 0.717) is 53.0 Å². The number of ketones is 2. The van der Waals surface area contributed by atoms with Crippen molar-refractivity contribution in [3.05, 3.63) is 10.5 Å². The quantitative estimate of drug-likeness (QED) is 0.657. The SMILES string of the molecule is C[C@]12CCC(=O)C(SC(F)F)=C1CC[C@@H]1[C@@H]2CC[C@]2(C)C(=O)CC[C@@H]12. The minimum absolute atomic E-state index is 0.0899. The number of alkyl halides is 2. The number of carbonyl (C=O) groups excluding carboxylic acids is 2. The summed E-state index contributed by atoms with van der Waals surface area (Å²) in [5.74, 6) is -0.816. The fourth-order valence-electron chi connectivity index (χ4n) is 6.66. The van der Waals surface area contributed by atoms with Crippen LogP contribution in [0, 0.1) is 28.6 Å². The van der Waals surface area contributed by atoms with E-state index in [0.717, 1.165) is 44.1 Å². The lowest BCUT2D eigenvalue weighted by atomic mass is 9.47. The highest BCUT2D eigenvalue weighted by atomic mass is 32.2. The Morgan fingerprint density at radius 1 is 0.960 bits per heavy atom. The number of hydrogen-bond donors (Lipinski definition) is 0. The number of Topliss-reactive ketones (excluding diaryl/α,β-unsaturated/α-hetero) is 2. The second-order valence-corrected chi connectivity index (χ2v) is 9.86. The second kappa shape index (κ2) is 5.90. The molecule has 4 aliphatic carbocycles. The Hall–Kier alpha value is -0.710. The molecule has 25 heavy (non-hydrogen) atoms. The first-order chi connectivity index (χ1) is 11.8. The summed E-state index contributed by atoms with van der Waals surface area (Å²) < 4.78 is 26.0. The van der Waals surface area contributed by atoms with E-state index in [1.165, 1.54) is 0 Å². The Kier molecular flexibility index (Phi) is 4.17. The third-order valence-corrected chi connectivity index (χ3v) is 8.88. The monoisotopic (exact) mass is 368 g/mol. The first-order valence-electron chi connectivity index (χ1n) is 9.52. The lowest BCUT2D eigenvalue weighted by Crippen LogP contribution is -2.51. The van der Waals surface area contributed by atoms with Crippen molar-refractivity contribution in [1.82, 2.24) is 0 Å². The highest BCUT2D eigenvalue weighted by Crippen LogP contribution is 2.65. The van der Waals surface area contributed by atoms with E-state index in [1.54, 1.807) is 0 Å². The number of fused-ring (bicyclic) bond motifs is 5. The van der Waals surface area contributed by atoms with Gasteiger partial charge >= 0.3 is 0 Å². The molecule has 4 rings (SSSR count). The van der Waals surface area contributed by atoms with Crippen molar-refractivity contribution in [3.8, 4) is 0 Å². The van der Waals surface area contributed by atoms with Crippen molar-refractivity contribution in [2.45, 2.75) is 71.0 Å². The van der Waals surface area contributed by atoms with Crippen LogP contribution in [-0.4, -0.2) is 17.3 Å². The van der Waals surface area contributed by atoms with Crippen molar-refractivity contribution in [1.29, 1.82) is 0 Å². The van der Waals surface area contributed by atoms with Gasteiger partial charge in [0.25, 0.3) is 5.76 Å². The van der Waals surface area contributed by atoms with Gasteiger partial charge in [0.05, 0.1) is 4.91 Å². The maximum absolute atomic E-state index is 13.0. The number of carbonyl (C=O) groups is 2. The average Bonchev–Trinajstić information content (AvgIpc) is 2.86. The lowest BCUT2D eigenvalue weighted by Gasteiger charge is -2.57. The normalized spacial score (nSPS) is 44.0. The van der Waals surface area contributed by atoms with Gasteiger partial charge in [-0.15, -0.1) is 0 Å². The molecule has 4 aliphatic rings. The van der Waals surface area contributed by atoms with Gasteiger partial charge in [0.15, 0.2) is 5.78 Å². The van der Waals surface area contributed by atoms with Crippen molar-refractivity contribution in [2.24, 2.45) is 28.6 Å². The summed E-state index contributed by atoms with van der Waals surface area (Å²) in [6.07, 6.45) is 6.48. The first-order valence-corrected chi connectivity index (χ1v) is 10.4. The lowest BCUT2D eigenvalue weighted by molar-refractivity contribution is -0.132. The van der Waals surface area contributed by atoms with Crippen LogP contribution in [-0.2, 0) is 9.59 Å². The van der Waals surface area contributed by atoms with Gasteiger partial charge in [-0.05, 0) is 67.3 Å². The molecule has 3 fully saturated rings. The van der Waals surface area contributed by atoms with E-state index in [4.69, 9.17) is 0 Å². The van der Waals surface area contributed by atoms with Gasteiger partial charge in [0, 0.05) is 18.3 Å². The molecular formula is C20H26F2O2S. The van der Waals surface area contributed by atoms with E-state index in [-0.39, 0.29) is 16.6 Å². The summed E-state index contributed by atoms with van der Waals surface area (Å²) in [7, 11) is 0. The van der Waals surface area contributed by atoms with Crippen LogP contribution in [0.3, 0.4) is 0 Å². The Morgan fingerprint density at radius 3 is 2.40 bits per heavy atom. The minimum atomic E-state index is -2.53. The zero-order chi connectivity index (χ0) is 18.0. The second-order valence-electron chi connectivity index (χ2n) is 8.86. The summed E-state index contributed by atoms with van der Waals surface area (Å²) in [5.41, 5.74) is 0.702. The molecule has 0 aromatic heterocycles. The van der Waals surface area contributed by atoms with Crippen LogP contribution >= 0.6 is 11.8 Å². The van der Waals surface area contributed by atoms with Crippen molar-refractivity contribution in [2.75, 3.05) is 0 Å². The molecule has 0 N–H and O–H groups in total.